The van der Waals surface area contributed by atoms with Gasteiger partial charge in [0.15, 0.2) is 0 Å². The molecule has 0 fully saturated rings. The molecule has 1 rings (SSSR count). The van der Waals surface area contributed by atoms with Gasteiger partial charge in [-0.25, -0.2) is 0 Å². The molecule has 16 heavy (non-hydrogen) atoms. The Hall–Kier alpha value is -0.970. The molecule has 0 amide bonds. The summed E-state index contributed by atoms with van der Waals surface area (Å²) in [5, 5.41) is 4.24. The molecule has 0 aliphatic rings. The molecule has 86 valence electrons. The number of hydrogen-bond acceptors (Lipinski definition) is 1. The Balaban J connectivity index is 2.30. The maximum absolute atomic E-state index is 5.84. The lowest BCUT2D eigenvalue weighted by atomic mass is 10.1. The minimum Gasteiger partial charge on any atom is -0.313 e. The van der Waals surface area contributed by atoms with Gasteiger partial charge in [0.25, 0.3) is 0 Å². The molecule has 1 N–H and O–H groups in total. The highest BCUT2D eigenvalue weighted by Gasteiger charge is 2.01. The van der Waals surface area contributed by atoms with Crippen LogP contribution < -0.4 is 5.32 Å². The number of nitrogens with one attached hydrogen (secondary N) is 1. The van der Waals surface area contributed by atoms with Crippen LogP contribution in [0.3, 0.4) is 0 Å². The second-order valence-corrected chi connectivity index (χ2v) is 4.30. The van der Waals surface area contributed by atoms with Crippen LogP contribution in [0.25, 0.3) is 0 Å². The number of benzene rings is 1. The van der Waals surface area contributed by atoms with Gasteiger partial charge in [-0.1, -0.05) is 23.7 Å². The molecule has 0 saturated heterocycles. The zero-order chi connectivity index (χ0) is 11.8. The van der Waals surface area contributed by atoms with Crippen LogP contribution in [0.5, 0.6) is 0 Å². The van der Waals surface area contributed by atoms with Gasteiger partial charge in [0.1, 0.15) is 0 Å². The second-order valence-electron chi connectivity index (χ2n) is 3.86. The maximum atomic E-state index is 5.84. The van der Waals surface area contributed by atoms with Crippen molar-refractivity contribution in [1.29, 1.82) is 0 Å². The molecule has 1 atom stereocenters. The van der Waals surface area contributed by atoms with E-state index >= 15 is 0 Å². The van der Waals surface area contributed by atoms with Gasteiger partial charge in [0.2, 0.25) is 0 Å². The highest BCUT2D eigenvalue weighted by molar-refractivity contribution is 6.30. The monoisotopic (exact) mass is 235 g/mol. The van der Waals surface area contributed by atoms with Gasteiger partial charge in [0.05, 0.1) is 0 Å². The Labute approximate surface area is 103 Å². The summed E-state index contributed by atoms with van der Waals surface area (Å²) in [7, 11) is 0. The van der Waals surface area contributed by atoms with E-state index in [9.17, 15) is 0 Å². The molecule has 1 unspecified atom stereocenters. The van der Waals surface area contributed by atoms with Crippen molar-refractivity contribution in [3.8, 4) is 11.8 Å². The molecule has 1 nitrogen and oxygen atoms in total. The van der Waals surface area contributed by atoms with E-state index in [4.69, 9.17) is 11.6 Å². The van der Waals surface area contributed by atoms with Crippen LogP contribution in [-0.4, -0.2) is 12.6 Å². The van der Waals surface area contributed by atoms with Crippen molar-refractivity contribution in [2.45, 2.75) is 32.7 Å². The Morgan fingerprint density at radius 3 is 2.62 bits per heavy atom. The maximum Gasteiger partial charge on any atom is 0.0406 e. The normalized spacial score (nSPS) is 11.7. The van der Waals surface area contributed by atoms with Crippen LogP contribution in [0.1, 0.15) is 25.8 Å². The highest BCUT2D eigenvalue weighted by Crippen LogP contribution is 2.10. The van der Waals surface area contributed by atoms with Crippen molar-refractivity contribution in [2.24, 2.45) is 0 Å². The summed E-state index contributed by atoms with van der Waals surface area (Å²) in [6, 6.07) is 8.50. The molecular formula is C14H18ClN. The lowest BCUT2D eigenvalue weighted by Crippen LogP contribution is -2.28. The zero-order valence-electron chi connectivity index (χ0n) is 9.89. The van der Waals surface area contributed by atoms with Crippen LogP contribution >= 0.6 is 11.6 Å². The van der Waals surface area contributed by atoms with E-state index in [0.717, 1.165) is 24.4 Å². The molecule has 0 spiro atoms. The first kappa shape index (κ1) is 13.1. The van der Waals surface area contributed by atoms with Crippen molar-refractivity contribution in [2.75, 3.05) is 6.54 Å². The smallest absolute Gasteiger partial charge is 0.0406 e. The van der Waals surface area contributed by atoms with E-state index in [1.165, 1.54) is 5.56 Å². The van der Waals surface area contributed by atoms with Gasteiger partial charge >= 0.3 is 0 Å². The fraction of sp³-hybridized carbons (Fsp3) is 0.429. The first-order valence-electron chi connectivity index (χ1n) is 5.60. The third-order valence-corrected chi connectivity index (χ3v) is 2.63. The van der Waals surface area contributed by atoms with Gasteiger partial charge in [0, 0.05) is 24.0 Å². The predicted octanol–water partition coefficient (Wildman–Crippen LogP) is 3.27. The average molecular weight is 236 g/mol. The fourth-order valence-electron chi connectivity index (χ4n) is 1.55. The Kier molecular flexibility index (Phi) is 6.00. The summed E-state index contributed by atoms with van der Waals surface area (Å²) in [4.78, 5) is 0. The average Bonchev–Trinajstić information content (AvgIpc) is 2.28. The van der Waals surface area contributed by atoms with Crippen LogP contribution in [0, 0.1) is 11.8 Å². The first-order chi connectivity index (χ1) is 7.72. The molecule has 0 radical (unpaired) electrons. The third-order valence-electron chi connectivity index (χ3n) is 2.37. The standard InChI is InChI=1S/C14H18ClN/c1-3-4-5-10-16-12(2)11-13-6-8-14(15)9-7-13/h6-9,12,16H,5,10-11H2,1-2H3. The minimum absolute atomic E-state index is 0.472. The number of halogens is 1. The molecule has 0 aromatic heterocycles. The van der Waals surface area contributed by atoms with Crippen molar-refractivity contribution >= 4 is 11.6 Å². The molecule has 0 aliphatic heterocycles. The Bertz CT molecular complexity index is 359. The summed E-state index contributed by atoms with van der Waals surface area (Å²) < 4.78 is 0. The molecule has 2 heteroatoms. The summed E-state index contributed by atoms with van der Waals surface area (Å²) in [5.41, 5.74) is 1.31. The van der Waals surface area contributed by atoms with Gasteiger partial charge in [-0.2, -0.15) is 0 Å². The molecular weight excluding hydrogens is 218 g/mol. The first-order valence-corrected chi connectivity index (χ1v) is 5.97. The van der Waals surface area contributed by atoms with Crippen molar-refractivity contribution in [1.82, 2.24) is 5.32 Å². The molecule has 0 aliphatic carbocycles. The van der Waals surface area contributed by atoms with E-state index < -0.39 is 0 Å². The van der Waals surface area contributed by atoms with Crippen molar-refractivity contribution in [3.05, 3.63) is 34.9 Å². The molecule has 1 aromatic carbocycles. The van der Waals surface area contributed by atoms with E-state index in [2.05, 4.69) is 36.2 Å². The molecule has 0 heterocycles. The number of hydrogen-bond donors (Lipinski definition) is 1. The van der Waals surface area contributed by atoms with Crippen LogP contribution in [0.4, 0.5) is 0 Å². The Morgan fingerprint density at radius 2 is 2.00 bits per heavy atom. The minimum atomic E-state index is 0.472. The van der Waals surface area contributed by atoms with E-state index in [1.54, 1.807) is 0 Å². The summed E-state index contributed by atoms with van der Waals surface area (Å²) in [5.74, 6) is 5.94. The highest BCUT2D eigenvalue weighted by atomic mass is 35.5. The second kappa shape index (κ2) is 7.33. The molecule has 0 saturated carbocycles. The number of rotatable bonds is 5. The van der Waals surface area contributed by atoms with E-state index in [1.807, 2.05) is 19.1 Å². The van der Waals surface area contributed by atoms with Crippen molar-refractivity contribution < 1.29 is 0 Å². The SMILES string of the molecule is CC#CCCNC(C)Cc1ccc(Cl)cc1. The van der Waals surface area contributed by atoms with Crippen LogP contribution in [-0.2, 0) is 6.42 Å². The van der Waals surface area contributed by atoms with E-state index in [0.29, 0.717) is 6.04 Å². The van der Waals surface area contributed by atoms with Gasteiger partial charge in [-0.15, -0.1) is 11.8 Å². The summed E-state index contributed by atoms with van der Waals surface area (Å²) in [6.07, 6.45) is 1.94. The lowest BCUT2D eigenvalue weighted by Gasteiger charge is -2.12. The molecule has 1 aromatic rings. The van der Waals surface area contributed by atoms with Gasteiger partial charge < -0.3 is 5.32 Å². The largest absolute Gasteiger partial charge is 0.313 e. The van der Waals surface area contributed by atoms with Crippen LogP contribution in [0.15, 0.2) is 24.3 Å². The topological polar surface area (TPSA) is 12.0 Å². The predicted molar refractivity (Wildman–Crippen MR) is 70.7 cm³/mol. The van der Waals surface area contributed by atoms with E-state index in [-0.39, 0.29) is 0 Å². The summed E-state index contributed by atoms with van der Waals surface area (Å²) in [6.45, 7) is 5.01. The van der Waals surface area contributed by atoms with Gasteiger partial charge in [-0.3, -0.25) is 0 Å². The van der Waals surface area contributed by atoms with Gasteiger partial charge in [-0.05, 0) is 38.0 Å². The quantitative estimate of drug-likeness (QED) is 0.610. The lowest BCUT2D eigenvalue weighted by molar-refractivity contribution is 0.554. The summed E-state index contributed by atoms with van der Waals surface area (Å²) >= 11 is 5.84. The van der Waals surface area contributed by atoms with Crippen LogP contribution in [0.2, 0.25) is 5.02 Å². The zero-order valence-corrected chi connectivity index (χ0v) is 10.6. The van der Waals surface area contributed by atoms with Crippen molar-refractivity contribution in [3.63, 3.8) is 0 Å². The fourth-order valence-corrected chi connectivity index (χ4v) is 1.68. The Morgan fingerprint density at radius 1 is 1.31 bits per heavy atom. The third kappa shape index (κ3) is 5.21. The molecule has 0 bridgehead atoms.